The van der Waals surface area contributed by atoms with E-state index < -0.39 is 0 Å². The molecule has 1 aromatic heterocycles. The van der Waals surface area contributed by atoms with Crippen molar-refractivity contribution in [3.8, 4) is 0 Å². The Morgan fingerprint density at radius 3 is 2.94 bits per heavy atom. The molecule has 1 saturated heterocycles. The summed E-state index contributed by atoms with van der Waals surface area (Å²) in [6.07, 6.45) is 3.76. The standard InChI is InChI=1S/C13H22N2S2/c1-3-11-12(9-16)17-13(14-11)8-15-6-4-5-10(2)7-15/h10,16H,3-9H2,1-2H3. The van der Waals surface area contributed by atoms with Crippen LogP contribution in [0.4, 0.5) is 0 Å². The topological polar surface area (TPSA) is 16.1 Å². The summed E-state index contributed by atoms with van der Waals surface area (Å²) in [6.45, 7) is 8.04. The molecule has 1 fully saturated rings. The number of aryl methyl sites for hydroxylation is 1. The molecule has 0 aromatic carbocycles. The van der Waals surface area contributed by atoms with Gasteiger partial charge in [0.1, 0.15) is 5.01 Å². The second kappa shape index (κ2) is 6.21. The SMILES string of the molecule is CCc1nc(CN2CCCC(C)C2)sc1CS. The van der Waals surface area contributed by atoms with Gasteiger partial charge < -0.3 is 0 Å². The van der Waals surface area contributed by atoms with Crippen LogP contribution in [0.25, 0.3) is 0 Å². The average molecular weight is 270 g/mol. The summed E-state index contributed by atoms with van der Waals surface area (Å²) in [7, 11) is 0. The zero-order chi connectivity index (χ0) is 12.3. The van der Waals surface area contributed by atoms with Crippen molar-refractivity contribution in [2.24, 2.45) is 5.92 Å². The maximum absolute atomic E-state index is 4.75. The molecule has 2 rings (SSSR count). The lowest BCUT2D eigenvalue weighted by molar-refractivity contribution is 0.176. The maximum Gasteiger partial charge on any atom is 0.107 e. The lowest BCUT2D eigenvalue weighted by atomic mass is 10.0. The molecule has 4 heteroatoms. The van der Waals surface area contributed by atoms with Gasteiger partial charge in [-0.3, -0.25) is 4.90 Å². The van der Waals surface area contributed by atoms with E-state index in [9.17, 15) is 0 Å². The molecule has 96 valence electrons. The molecule has 0 spiro atoms. The Kier molecular flexibility index (Phi) is 4.88. The zero-order valence-electron chi connectivity index (χ0n) is 10.8. The van der Waals surface area contributed by atoms with Crippen LogP contribution in [0.15, 0.2) is 0 Å². The largest absolute Gasteiger partial charge is 0.296 e. The minimum Gasteiger partial charge on any atom is -0.296 e. The van der Waals surface area contributed by atoms with E-state index in [4.69, 9.17) is 4.98 Å². The molecule has 1 unspecified atom stereocenters. The molecule has 1 atom stereocenters. The summed E-state index contributed by atoms with van der Waals surface area (Å²) >= 11 is 6.23. The smallest absolute Gasteiger partial charge is 0.107 e. The minimum atomic E-state index is 0.831. The maximum atomic E-state index is 4.75. The van der Waals surface area contributed by atoms with E-state index in [1.807, 2.05) is 11.3 Å². The summed E-state index contributed by atoms with van der Waals surface area (Å²) in [6, 6.07) is 0. The summed E-state index contributed by atoms with van der Waals surface area (Å²) < 4.78 is 0. The van der Waals surface area contributed by atoms with Crippen molar-refractivity contribution in [3.05, 3.63) is 15.6 Å². The van der Waals surface area contributed by atoms with Gasteiger partial charge in [0.2, 0.25) is 0 Å². The van der Waals surface area contributed by atoms with Crippen LogP contribution in [-0.4, -0.2) is 23.0 Å². The van der Waals surface area contributed by atoms with Crippen molar-refractivity contribution in [2.75, 3.05) is 13.1 Å². The molecule has 1 aliphatic rings. The highest BCUT2D eigenvalue weighted by atomic mass is 32.1. The second-order valence-electron chi connectivity index (χ2n) is 4.97. The van der Waals surface area contributed by atoms with E-state index >= 15 is 0 Å². The fourth-order valence-corrected chi connectivity index (χ4v) is 3.96. The first-order valence-corrected chi connectivity index (χ1v) is 7.98. The molecule has 1 aliphatic heterocycles. The molecule has 0 N–H and O–H groups in total. The minimum absolute atomic E-state index is 0.831. The molecule has 1 aromatic rings. The van der Waals surface area contributed by atoms with Gasteiger partial charge in [0.05, 0.1) is 12.2 Å². The summed E-state index contributed by atoms with van der Waals surface area (Å²) in [4.78, 5) is 8.65. The number of rotatable bonds is 4. The Morgan fingerprint density at radius 2 is 2.35 bits per heavy atom. The number of piperidine rings is 1. The van der Waals surface area contributed by atoms with Gasteiger partial charge in [0, 0.05) is 17.2 Å². The molecule has 17 heavy (non-hydrogen) atoms. The number of likely N-dealkylation sites (tertiary alicyclic amines) is 1. The first-order valence-electron chi connectivity index (χ1n) is 6.53. The number of nitrogens with zero attached hydrogens (tertiary/aromatic N) is 2. The molecule has 0 amide bonds. The van der Waals surface area contributed by atoms with Crippen LogP contribution in [0, 0.1) is 5.92 Å². The number of thiazole rings is 1. The molecule has 2 nitrogen and oxygen atoms in total. The highest BCUT2D eigenvalue weighted by Crippen LogP contribution is 2.24. The molecule has 2 heterocycles. The fourth-order valence-electron chi connectivity index (χ4n) is 2.53. The van der Waals surface area contributed by atoms with Crippen molar-refractivity contribution in [1.29, 1.82) is 0 Å². The van der Waals surface area contributed by atoms with Crippen molar-refractivity contribution in [3.63, 3.8) is 0 Å². The van der Waals surface area contributed by atoms with Crippen LogP contribution in [0.1, 0.15) is 42.3 Å². The quantitative estimate of drug-likeness (QED) is 0.844. The second-order valence-corrected chi connectivity index (χ2v) is 6.46. The molecule has 0 bridgehead atoms. The van der Waals surface area contributed by atoms with Crippen LogP contribution in [0.3, 0.4) is 0 Å². The lowest BCUT2D eigenvalue weighted by Crippen LogP contribution is -2.33. The fraction of sp³-hybridized carbons (Fsp3) is 0.769. The van der Waals surface area contributed by atoms with Gasteiger partial charge >= 0.3 is 0 Å². The predicted molar refractivity (Wildman–Crippen MR) is 77.9 cm³/mol. The normalized spacial score (nSPS) is 21.9. The average Bonchev–Trinajstić information content (AvgIpc) is 2.71. The number of hydrogen-bond donors (Lipinski definition) is 1. The lowest BCUT2D eigenvalue weighted by Gasteiger charge is -2.29. The first kappa shape index (κ1) is 13.4. The van der Waals surface area contributed by atoms with Crippen molar-refractivity contribution >= 4 is 24.0 Å². The van der Waals surface area contributed by atoms with Gasteiger partial charge in [0.15, 0.2) is 0 Å². The van der Waals surface area contributed by atoms with Gasteiger partial charge in [0.25, 0.3) is 0 Å². The van der Waals surface area contributed by atoms with E-state index in [1.165, 1.54) is 41.5 Å². The Bertz CT molecular complexity index is 341. The Balaban J connectivity index is 2.00. The van der Waals surface area contributed by atoms with Crippen LogP contribution >= 0.6 is 24.0 Å². The Hall–Kier alpha value is -0.0600. The molecule has 0 saturated carbocycles. The van der Waals surface area contributed by atoms with E-state index in [0.717, 1.165) is 24.6 Å². The van der Waals surface area contributed by atoms with Crippen molar-refractivity contribution < 1.29 is 0 Å². The first-order chi connectivity index (χ1) is 8.22. The van der Waals surface area contributed by atoms with Crippen LogP contribution in [0.2, 0.25) is 0 Å². The van der Waals surface area contributed by atoms with Gasteiger partial charge in [-0.05, 0) is 31.7 Å². The van der Waals surface area contributed by atoms with E-state index in [2.05, 4.69) is 31.4 Å². The third-order valence-electron chi connectivity index (χ3n) is 3.40. The van der Waals surface area contributed by atoms with E-state index in [1.54, 1.807) is 0 Å². The number of hydrogen-bond acceptors (Lipinski definition) is 4. The van der Waals surface area contributed by atoms with Gasteiger partial charge in [-0.25, -0.2) is 4.98 Å². The summed E-state index contributed by atoms with van der Waals surface area (Å²) in [5.74, 6) is 1.68. The number of aromatic nitrogens is 1. The van der Waals surface area contributed by atoms with E-state index in [-0.39, 0.29) is 0 Å². The Labute approximate surface area is 114 Å². The van der Waals surface area contributed by atoms with Crippen molar-refractivity contribution in [2.45, 2.75) is 45.4 Å². The summed E-state index contributed by atoms with van der Waals surface area (Å²) in [5.41, 5.74) is 1.25. The van der Waals surface area contributed by atoms with Gasteiger partial charge in [-0.1, -0.05) is 13.8 Å². The number of thiol groups is 1. The molecule has 0 aliphatic carbocycles. The monoisotopic (exact) mass is 270 g/mol. The highest BCUT2D eigenvalue weighted by Gasteiger charge is 2.18. The zero-order valence-corrected chi connectivity index (χ0v) is 12.5. The molecular formula is C13H22N2S2. The van der Waals surface area contributed by atoms with Gasteiger partial charge in [-0.2, -0.15) is 12.6 Å². The Morgan fingerprint density at radius 1 is 1.53 bits per heavy atom. The van der Waals surface area contributed by atoms with Crippen LogP contribution in [0.5, 0.6) is 0 Å². The van der Waals surface area contributed by atoms with Gasteiger partial charge in [-0.15, -0.1) is 11.3 Å². The van der Waals surface area contributed by atoms with E-state index in [0.29, 0.717) is 0 Å². The molecule has 0 radical (unpaired) electrons. The van der Waals surface area contributed by atoms with Crippen LogP contribution < -0.4 is 0 Å². The molecular weight excluding hydrogens is 248 g/mol. The third-order valence-corrected chi connectivity index (χ3v) is 5.01. The van der Waals surface area contributed by atoms with Crippen LogP contribution in [-0.2, 0) is 18.7 Å². The summed E-state index contributed by atoms with van der Waals surface area (Å²) in [5, 5.41) is 1.28. The third kappa shape index (κ3) is 3.46. The van der Waals surface area contributed by atoms with Crippen molar-refractivity contribution in [1.82, 2.24) is 9.88 Å². The highest BCUT2D eigenvalue weighted by molar-refractivity contribution is 7.79. The predicted octanol–water partition coefficient (Wildman–Crippen LogP) is 3.37.